The number of carbonyl (C=O) groups is 1. The van der Waals surface area contributed by atoms with E-state index in [1.54, 1.807) is 12.1 Å². The molecular formula is C19H19Cl3F4N4O. The number of aromatic nitrogens is 2. The summed E-state index contributed by atoms with van der Waals surface area (Å²) in [5.41, 5.74) is -0.867. The first-order valence-electron chi connectivity index (χ1n) is 9.39. The number of amides is 1. The zero-order valence-electron chi connectivity index (χ0n) is 16.3. The maximum atomic E-state index is 13.4. The second kappa shape index (κ2) is 9.94. The number of benzene rings is 1. The van der Waals surface area contributed by atoms with Gasteiger partial charge in [-0.3, -0.25) is 9.69 Å². The number of halogens is 7. The zero-order chi connectivity index (χ0) is 22.9. The normalized spacial score (nSPS) is 16.4. The summed E-state index contributed by atoms with van der Waals surface area (Å²) >= 11 is 17.6. The quantitative estimate of drug-likeness (QED) is 0.482. The van der Waals surface area contributed by atoms with E-state index in [4.69, 9.17) is 34.8 Å². The molecular weight excluding hydrogens is 483 g/mol. The second-order valence-corrected chi connectivity index (χ2v) is 8.35. The second-order valence-electron chi connectivity index (χ2n) is 7.16. The van der Waals surface area contributed by atoms with Crippen molar-refractivity contribution in [3.05, 3.63) is 50.2 Å². The molecule has 0 saturated carbocycles. The summed E-state index contributed by atoms with van der Waals surface area (Å²) in [4.78, 5) is 16.5. The van der Waals surface area contributed by atoms with Crippen LogP contribution >= 0.6 is 34.8 Å². The molecule has 1 saturated heterocycles. The van der Waals surface area contributed by atoms with Crippen molar-refractivity contribution in [2.24, 2.45) is 0 Å². The Bertz CT molecular complexity index is 948. The summed E-state index contributed by atoms with van der Waals surface area (Å²) in [6.07, 6.45) is -6.27. The lowest BCUT2D eigenvalue weighted by Crippen LogP contribution is -2.50. The molecule has 0 N–H and O–H groups in total. The van der Waals surface area contributed by atoms with Crippen molar-refractivity contribution in [2.45, 2.75) is 32.4 Å². The average Bonchev–Trinajstić information content (AvgIpc) is 3.08. The van der Waals surface area contributed by atoms with E-state index in [9.17, 15) is 22.4 Å². The van der Waals surface area contributed by atoms with Crippen LogP contribution in [0.3, 0.4) is 0 Å². The predicted octanol–water partition coefficient (Wildman–Crippen LogP) is 5.62. The fourth-order valence-electron chi connectivity index (χ4n) is 3.47. The number of hydrogen-bond donors (Lipinski definition) is 0. The molecule has 31 heavy (non-hydrogen) atoms. The maximum Gasteiger partial charge on any atom is 0.283 e. The maximum absolute atomic E-state index is 13.4. The molecule has 0 aliphatic carbocycles. The molecule has 1 aliphatic heterocycles. The van der Waals surface area contributed by atoms with Crippen LogP contribution < -0.4 is 0 Å². The van der Waals surface area contributed by atoms with Gasteiger partial charge in [0.2, 0.25) is 5.91 Å². The number of hydrogen-bond acceptors (Lipinski definition) is 3. The van der Waals surface area contributed by atoms with Crippen molar-refractivity contribution < 1.29 is 22.4 Å². The van der Waals surface area contributed by atoms with E-state index in [2.05, 4.69) is 10.00 Å². The highest BCUT2D eigenvalue weighted by Gasteiger charge is 2.34. The average molecular weight is 502 g/mol. The minimum absolute atomic E-state index is 0.352. The van der Waals surface area contributed by atoms with Crippen LogP contribution in [0, 0.1) is 0 Å². The molecule has 1 unspecified atom stereocenters. The first kappa shape index (κ1) is 24.1. The van der Waals surface area contributed by atoms with Crippen molar-refractivity contribution in [3.63, 3.8) is 0 Å². The number of carbonyl (C=O) groups excluding carboxylic acids is 1. The molecule has 1 aliphatic rings. The highest BCUT2D eigenvalue weighted by molar-refractivity contribution is 6.42. The number of alkyl halides is 4. The van der Waals surface area contributed by atoms with Crippen molar-refractivity contribution in [1.82, 2.24) is 19.6 Å². The summed E-state index contributed by atoms with van der Waals surface area (Å²) in [6.45, 7) is 3.74. The molecule has 2 aromatic rings. The summed E-state index contributed by atoms with van der Waals surface area (Å²) < 4.78 is 53.5. The first-order chi connectivity index (χ1) is 14.6. The number of rotatable bonds is 6. The van der Waals surface area contributed by atoms with Gasteiger partial charge in [-0.05, 0) is 24.6 Å². The molecule has 1 aromatic heterocycles. The van der Waals surface area contributed by atoms with Gasteiger partial charge in [0, 0.05) is 32.7 Å². The van der Waals surface area contributed by atoms with Gasteiger partial charge in [-0.15, -0.1) is 0 Å². The largest absolute Gasteiger partial charge is 0.338 e. The minimum atomic E-state index is -3.15. The molecule has 0 radical (unpaired) electrons. The first-order valence-corrected chi connectivity index (χ1v) is 10.5. The van der Waals surface area contributed by atoms with Gasteiger partial charge < -0.3 is 4.90 Å². The van der Waals surface area contributed by atoms with Crippen LogP contribution in [0.1, 0.15) is 42.8 Å². The van der Waals surface area contributed by atoms with Crippen molar-refractivity contribution >= 4 is 40.7 Å². The Morgan fingerprint density at radius 2 is 1.68 bits per heavy atom. The third kappa shape index (κ3) is 5.27. The molecule has 12 heteroatoms. The van der Waals surface area contributed by atoms with Crippen LogP contribution in [-0.2, 0) is 11.3 Å². The molecule has 3 rings (SSSR count). The Balaban J connectivity index is 1.66. The van der Waals surface area contributed by atoms with Gasteiger partial charge in [0.1, 0.15) is 17.4 Å². The van der Waals surface area contributed by atoms with E-state index in [1.165, 1.54) is 11.8 Å². The topological polar surface area (TPSA) is 41.4 Å². The fraction of sp³-hybridized carbons (Fsp3) is 0.474. The predicted molar refractivity (Wildman–Crippen MR) is 110 cm³/mol. The Morgan fingerprint density at radius 3 is 2.23 bits per heavy atom. The molecule has 1 fully saturated rings. The molecule has 1 aromatic carbocycles. The minimum Gasteiger partial charge on any atom is -0.338 e. The van der Waals surface area contributed by atoms with E-state index >= 15 is 0 Å². The lowest BCUT2D eigenvalue weighted by atomic mass is 10.2. The van der Waals surface area contributed by atoms with E-state index in [-0.39, 0.29) is 0 Å². The van der Waals surface area contributed by atoms with Crippen LogP contribution in [-0.4, -0.2) is 51.7 Å². The third-order valence-electron chi connectivity index (χ3n) is 5.12. The molecule has 1 amide bonds. The summed E-state index contributed by atoms with van der Waals surface area (Å²) in [7, 11) is 0. The molecule has 170 valence electrons. The van der Waals surface area contributed by atoms with E-state index < -0.39 is 41.2 Å². The van der Waals surface area contributed by atoms with Gasteiger partial charge in [0.05, 0.1) is 15.1 Å². The van der Waals surface area contributed by atoms with Crippen LogP contribution in [0.5, 0.6) is 0 Å². The van der Waals surface area contributed by atoms with Gasteiger partial charge in [-0.1, -0.05) is 40.9 Å². The Morgan fingerprint density at radius 1 is 1.03 bits per heavy atom. The van der Waals surface area contributed by atoms with Gasteiger partial charge in [0.15, 0.2) is 0 Å². The van der Waals surface area contributed by atoms with Crippen LogP contribution in [0.2, 0.25) is 15.1 Å². The standard InChI is InChI=1S/C19H19Cl3F4N4O/c1-10(30-16(18(25)26)14(22)15(27-30)17(23)24)19(31)29-6-4-28(5-7-29)9-11-2-3-12(20)13(21)8-11/h2-3,8,10,17-18H,4-7,9H2,1H3. The SMILES string of the molecule is CC(C(=O)N1CCN(Cc2ccc(Cl)c(Cl)c2)CC1)n1nc(C(F)F)c(Cl)c1C(F)F. The molecule has 1 atom stereocenters. The molecule has 0 bridgehead atoms. The monoisotopic (exact) mass is 500 g/mol. The lowest BCUT2D eigenvalue weighted by Gasteiger charge is -2.36. The lowest BCUT2D eigenvalue weighted by molar-refractivity contribution is -0.136. The van der Waals surface area contributed by atoms with E-state index in [0.29, 0.717) is 47.5 Å². The van der Waals surface area contributed by atoms with Gasteiger partial charge >= 0.3 is 0 Å². The number of piperazine rings is 1. The smallest absolute Gasteiger partial charge is 0.283 e. The molecule has 2 heterocycles. The third-order valence-corrected chi connectivity index (χ3v) is 6.25. The summed E-state index contributed by atoms with van der Waals surface area (Å²) in [5.74, 6) is -0.490. The van der Waals surface area contributed by atoms with Gasteiger partial charge in [0.25, 0.3) is 12.9 Å². The van der Waals surface area contributed by atoms with Gasteiger partial charge in [-0.2, -0.15) is 5.10 Å². The summed E-state index contributed by atoms with van der Waals surface area (Å²) in [6, 6.07) is 4.15. The molecule has 5 nitrogen and oxygen atoms in total. The fourth-order valence-corrected chi connectivity index (χ4v) is 4.08. The Hall–Kier alpha value is -1.55. The summed E-state index contributed by atoms with van der Waals surface area (Å²) in [5, 5.41) is 3.62. The zero-order valence-corrected chi connectivity index (χ0v) is 18.6. The van der Waals surface area contributed by atoms with Gasteiger partial charge in [-0.25, -0.2) is 22.2 Å². The number of nitrogens with zero attached hydrogens (tertiary/aromatic N) is 4. The highest BCUT2D eigenvalue weighted by atomic mass is 35.5. The van der Waals surface area contributed by atoms with Crippen molar-refractivity contribution in [1.29, 1.82) is 0 Å². The van der Waals surface area contributed by atoms with Crippen molar-refractivity contribution in [3.8, 4) is 0 Å². The Labute approximate surface area is 191 Å². The van der Waals surface area contributed by atoms with E-state index in [0.717, 1.165) is 5.56 Å². The van der Waals surface area contributed by atoms with Crippen LogP contribution in [0.25, 0.3) is 0 Å². The van der Waals surface area contributed by atoms with Crippen molar-refractivity contribution in [2.75, 3.05) is 26.2 Å². The van der Waals surface area contributed by atoms with Crippen LogP contribution in [0.15, 0.2) is 18.2 Å². The molecule has 0 spiro atoms. The van der Waals surface area contributed by atoms with Crippen LogP contribution in [0.4, 0.5) is 17.6 Å². The highest BCUT2D eigenvalue weighted by Crippen LogP contribution is 2.36. The van der Waals surface area contributed by atoms with E-state index in [1.807, 2.05) is 6.07 Å². The Kier molecular flexibility index (Phi) is 7.72.